The largest absolute Gasteiger partial charge is 0.488 e. The summed E-state index contributed by atoms with van der Waals surface area (Å²) in [5.41, 5.74) is 1.21. The van der Waals surface area contributed by atoms with Crippen LogP contribution in [0, 0.1) is 0 Å². The summed E-state index contributed by atoms with van der Waals surface area (Å²) in [6.45, 7) is 4.26. The Hall–Kier alpha value is -1.56. The first-order valence-electron chi connectivity index (χ1n) is 7.37. The summed E-state index contributed by atoms with van der Waals surface area (Å²) >= 11 is 5.96. The molecule has 22 heavy (non-hydrogen) atoms. The average Bonchev–Trinajstić information content (AvgIpc) is 2.90. The fourth-order valence-electron chi connectivity index (χ4n) is 2.56. The average molecular weight is 322 g/mol. The van der Waals surface area contributed by atoms with Crippen molar-refractivity contribution < 1.29 is 9.47 Å². The van der Waals surface area contributed by atoms with Crippen LogP contribution in [-0.2, 0) is 17.8 Å². The molecule has 3 rings (SSSR count). The molecule has 1 aliphatic rings. The second kappa shape index (κ2) is 7.13. The standard InChI is InChI=1S/C16H20ClN3O2/c1-21-6-5-20-12-18-8-14(20)9-19-10-16(11-19)22-15-4-2-3-13(17)7-15/h2-4,7-8,12,16H,5-6,9-11H2,1H3. The predicted octanol–water partition coefficient (Wildman–Crippen LogP) is 2.45. The maximum absolute atomic E-state index is 5.96. The maximum Gasteiger partial charge on any atom is 0.124 e. The van der Waals surface area contributed by atoms with Crippen molar-refractivity contribution in [3.05, 3.63) is 47.5 Å². The van der Waals surface area contributed by atoms with E-state index in [1.807, 2.05) is 36.8 Å². The topological polar surface area (TPSA) is 39.5 Å². The van der Waals surface area contributed by atoms with Crippen molar-refractivity contribution in [2.24, 2.45) is 0 Å². The predicted molar refractivity (Wildman–Crippen MR) is 85.2 cm³/mol. The van der Waals surface area contributed by atoms with Gasteiger partial charge in [-0.15, -0.1) is 0 Å². The number of imidazole rings is 1. The number of aromatic nitrogens is 2. The van der Waals surface area contributed by atoms with Crippen LogP contribution in [0.15, 0.2) is 36.8 Å². The molecule has 0 aliphatic carbocycles. The lowest BCUT2D eigenvalue weighted by Crippen LogP contribution is -2.53. The highest BCUT2D eigenvalue weighted by Crippen LogP contribution is 2.22. The third-order valence-electron chi connectivity index (χ3n) is 3.74. The Kier molecular flexibility index (Phi) is 4.97. The SMILES string of the molecule is COCCn1cncc1CN1CC(Oc2cccc(Cl)c2)C1. The van der Waals surface area contributed by atoms with Crippen LogP contribution in [0.2, 0.25) is 5.02 Å². The van der Waals surface area contributed by atoms with Crippen LogP contribution in [0.1, 0.15) is 5.69 Å². The van der Waals surface area contributed by atoms with Crippen molar-refractivity contribution in [3.63, 3.8) is 0 Å². The summed E-state index contributed by atoms with van der Waals surface area (Å²) in [6, 6.07) is 7.55. The Bertz CT molecular complexity index is 611. The van der Waals surface area contributed by atoms with Gasteiger partial charge in [-0.05, 0) is 18.2 Å². The highest BCUT2D eigenvalue weighted by molar-refractivity contribution is 6.30. The van der Waals surface area contributed by atoms with Crippen LogP contribution in [0.4, 0.5) is 0 Å². The minimum atomic E-state index is 0.230. The van der Waals surface area contributed by atoms with Crippen molar-refractivity contribution in [1.29, 1.82) is 0 Å². The summed E-state index contributed by atoms with van der Waals surface area (Å²) in [5, 5.41) is 0.704. The van der Waals surface area contributed by atoms with Gasteiger partial charge in [0.25, 0.3) is 0 Å². The monoisotopic (exact) mass is 321 g/mol. The van der Waals surface area contributed by atoms with Crippen molar-refractivity contribution in [2.75, 3.05) is 26.8 Å². The Labute approximate surface area is 135 Å². The molecule has 1 aromatic heterocycles. The van der Waals surface area contributed by atoms with Gasteiger partial charge >= 0.3 is 0 Å². The van der Waals surface area contributed by atoms with E-state index in [-0.39, 0.29) is 6.10 Å². The first-order valence-corrected chi connectivity index (χ1v) is 7.75. The smallest absolute Gasteiger partial charge is 0.124 e. The maximum atomic E-state index is 5.96. The molecular formula is C16H20ClN3O2. The number of methoxy groups -OCH3 is 1. The molecule has 0 saturated carbocycles. The highest BCUT2D eigenvalue weighted by Gasteiger charge is 2.29. The minimum absolute atomic E-state index is 0.230. The van der Waals surface area contributed by atoms with Crippen LogP contribution < -0.4 is 4.74 Å². The van der Waals surface area contributed by atoms with Gasteiger partial charge in [-0.3, -0.25) is 4.90 Å². The Morgan fingerprint density at radius 3 is 3.00 bits per heavy atom. The lowest BCUT2D eigenvalue weighted by molar-refractivity contribution is 0.0130. The molecule has 5 nitrogen and oxygen atoms in total. The third kappa shape index (κ3) is 3.80. The van der Waals surface area contributed by atoms with Crippen molar-refractivity contribution in [2.45, 2.75) is 19.2 Å². The first kappa shape index (κ1) is 15.3. The summed E-state index contributed by atoms with van der Waals surface area (Å²) in [4.78, 5) is 6.56. The van der Waals surface area contributed by atoms with E-state index in [1.54, 1.807) is 7.11 Å². The van der Waals surface area contributed by atoms with E-state index >= 15 is 0 Å². The number of hydrogen-bond donors (Lipinski definition) is 0. The molecule has 0 radical (unpaired) electrons. The molecule has 6 heteroatoms. The minimum Gasteiger partial charge on any atom is -0.488 e. The Morgan fingerprint density at radius 1 is 1.36 bits per heavy atom. The lowest BCUT2D eigenvalue weighted by Gasteiger charge is -2.39. The van der Waals surface area contributed by atoms with E-state index in [9.17, 15) is 0 Å². The summed E-state index contributed by atoms with van der Waals surface area (Å²) in [5.74, 6) is 0.835. The number of ether oxygens (including phenoxy) is 2. The molecule has 0 atom stereocenters. The van der Waals surface area contributed by atoms with E-state index in [2.05, 4.69) is 14.5 Å². The number of rotatable bonds is 7. The van der Waals surface area contributed by atoms with Gasteiger partial charge in [-0.1, -0.05) is 17.7 Å². The van der Waals surface area contributed by atoms with Crippen LogP contribution in [0.3, 0.4) is 0 Å². The number of hydrogen-bond acceptors (Lipinski definition) is 4. The van der Waals surface area contributed by atoms with Crippen LogP contribution in [0.25, 0.3) is 0 Å². The van der Waals surface area contributed by atoms with Gasteiger partial charge in [0.2, 0.25) is 0 Å². The molecule has 0 amide bonds. The van der Waals surface area contributed by atoms with Crippen molar-refractivity contribution >= 4 is 11.6 Å². The van der Waals surface area contributed by atoms with Gasteiger partial charge in [-0.25, -0.2) is 4.98 Å². The number of halogens is 1. The molecule has 0 unspecified atom stereocenters. The molecule has 118 valence electrons. The van der Waals surface area contributed by atoms with Crippen molar-refractivity contribution in [3.8, 4) is 5.75 Å². The van der Waals surface area contributed by atoms with Crippen LogP contribution in [-0.4, -0.2) is 47.4 Å². The molecule has 0 bridgehead atoms. The van der Waals surface area contributed by atoms with E-state index in [0.717, 1.165) is 31.9 Å². The van der Waals surface area contributed by atoms with Crippen LogP contribution >= 0.6 is 11.6 Å². The van der Waals surface area contributed by atoms with Gasteiger partial charge in [0.05, 0.1) is 18.6 Å². The first-order chi connectivity index (χ1) is 10.7. The lowest BCUT2D eigenvalue weighted by atomic mass is 10.1. The summed E-state index contributed by atoms with van der Waals surface area (Å²) in [6.07, 6.45) is 4.00. The van der Waals surface area contributed by atoms with Gasteiger partial charge in [-0.2, -0.15) is 0 Å². The molecule has 1 fully saturated rings. The molecular weight excluding hydrogens is 302 g/mol. The Balaban J connectivity index is 1.47. The van der Waals surface area contributed by atoms with Gasteiger partial charge in [0, 0.05) is 44.5 Å². The molecule has 2 heterocycles. The molecule has 0 spiro atoms. The van der Waals surface area contributed by atoms with Gasteiger partial charge in [0.1, 0.15) is 11.9 Å². The highest BCUT2D eigenvalue weighted by atomic mass is 35.5. The third-order valence-corrected chi connectivity index (χ3v) is 3.98. The van der Waals surface area contributed by atoms with E-state index in [4.69, 9.17) is 21.1 Å². The zero-order valence-electron chi connectivity index (χ0n) is 12.6. The number of benzene rings is 1. The molecule has 1 aliphatic heterocycles. The van der Waals surface area contributed by atoms with E-state index in [0.29, 0.717) is 11.6 Å². The molecule has 1 aromatic carbocycles. The fourth-order valence-corrected chi connectivity index (χ4v) is 2.74. The second-order valence-corrected chi connectivity index (χ2v) is 5.90. The number of nitrogens with zero attached hydrogens (tertiary/aromatic N) is 3. The molecule has 0 N–H and O–H groups in total. The van der Waals surface area contributed by atoms with Gasteiger partial charge in [0.15, 0.2) is 0 Å². The van der Waals surface area contributed by atoms with E-state index in [1.165, 1.54) is 5.69 Å². The zero-order chi connectivity index (χ0) is 15.4. The summed E-state index contributed by atoms with van der Waals surface area (Å²) < 4.78 is 13.2. The fraction of sp³-hybridized carbons (Fsp3) is 0.438. The summed E-state index contributed by atoms with van der Waals surface area (Å²) in [7, 11) is 1.71. The normalized spacial score (nSPS) is 15.7. The molecule has 1 saturated heterocycles. The quantitative estimate of drug-likeness (QED) is 0.785. The number of likely N-dealkylation sites (tertiary alicyclic amines) is 1. The molecule has 2 aromatic rings. The van der Waals surface area contributed by atoms with Crippen LogP contribution in [0.5, 0.6) is 5.75 Å². The Morgan fingerprint density at radius 2 is 2.23 bits per heavy atom. The zero-order valence-corrected chi connectivity index (χ0v) is 13.4. The van der Waals surface area contributed by atoms with Gasteiger partial charge < -0.3 is 14.0 Å². The second-order valence-electron chi connectivity index (χ2n) is 5.46. The van der Waals surface area contributed by atoms with E-state index < -0.39 is 0 Å². The van der Waals surface area contributed by atoms with Crippen molar-refractivity contribution in [1.82, 2.24) is 14.5 Å².